The van der Waals surface area contributed by atoms with Crippen molar-refractivity contribution in [3.05, 3.63) is 6.20 Å². The summed E-state index contributed by atoms with van der Waals surface area (Å²) >= 11 is 0. The number of rotatable bonds is 3. The molecular weight excluding hydrogens is 180 g/mol. The number of nitrogens with zero attached hydrogens (tertiary/aromatic N) is 2. The number of nitrogens with one attached hydrogen (secondary N) is 2. The van der Waals surface area contributed by atoms with Crippen LogP contribution < -0.4 is 15.4 Å². The second kappa shape index (κ2) is 3.88. The van der Waals surface area contributed by atoms with Crippen LogP contribution in [0.4, 0.5) is 5.69 Å². The lowest BCUT2D eigenvalue weighted by molar-refractivity contribution is 0.186. The molecule has 2 rings (SSSR count). The molecule has 1 atom stereocenters. The van der Waals surface area contributed by atoms with E-state index in [0.717, 1.165) is 24.7 Å². The summed E-state index contributed by atoms with van der Waals surface area (Å²) in [5, 5.41) is 10.6. The molecule has 5 nitrogen and oxygen atoms in total. The largest absolute Gasteiger partial charge is 0.475 e. The van der Waals surface area contributed by atoms with Crippen molar-refractivity contribution in [2.45, 2.75) is 19.5 Å². The predicted octanol–water partition coefficient (Wildman–Crippen LogP) is 0.295. The summed E-state index contributed by atoms with van der Waals surface area (Å²) in [6.45, 7) is 4.65. The molecule has 14 heavy (non-hydrogen) atoms. The van der Waals surface area contributed by atoms with Gasteiger partial charge in [0, 0.05) is 7.05 Å². The molecule has 0 saturated carbocycles. The Labute approximate surface area is 83.4 Å². The van der Waals surface area contributed by atoms with E-state index in [1.54, 1.807) is 6.20 Å². The Hall–Kier alpha value is -1.23. The number of likely N-dealkylation sites (N-methyl/N-ethyl adjacent to an activating group) is 1. The highest BCUT2D eigenvalue weighted by molar-refractivity contribution is 5.51. The zero-order chi connectivity index (χ0) is 9.97. The molecule has 1 aliphatic heterocycles. The summed E-state index contributed by atoms with van der Waals surface area (Å²) < 4.78 is 7.52. The summed E-state index contributed by atoms with van der Waals surface area (Å²) in [7, 11) is 1.87. The van der Waals surface area contributed by atoms with Gasteiger partial charge in [0.15, 0.2) is 0 Å². The van der Waals surface area contributed by atoms with Crippen molar-refractivity contribution in [3.63, 3.8) is 0 Å². The van der Waals surface area contributed by atoms with Crippen LogP contribution in [0.3, 0.4) is 0 Å². The Balaban J connectivity index is 2.12. The van der Waals surface area contributed by atoms with Gasteiger partial charge >= 0.3 is 0 Å². The van der Waals surface area contributed by atoms with Gasteiger partial charge < -0.3 is 15.4 Å². The molecule has 0 fully saturated rings. The molecular formula is C9H16N4O. The molecule has 0 bridgehead atoms. The van der Waals surface area contributed by atoms with Gasteiger partial charge in [-0.25, -0.2) is 4.68 Å². The zero-order valence-electron chi connectivity index (χ0n) is 8.58. The third kappa shape index (κ3) is 1.55. The monoisotopic (exact) mass is 196 g/mol. The van der Waals surface area contributed by atoms with E-state index in [1.807, 2.05) is 11.7 Å². The number of hydrogen-bond acceptors (Lipinski definition) is 4. The standard InChI is InChI=1S/C9H16N4O/c1-3-11-7-5-13-9(14-6-7)8(10-2)4-12-13/h4,7,10-11H,3,5-6H2,1-2H3. The number of anilines is 1. The summed E-state index contributed by atoms with van der Waals surface area (Å²) in [5.41, 5.74) is 0.958. The minimum absolute atomic E-state index is 0.372. The minimum atomic E-state index is 0.372. The van der Waals surface area contributed by atoms with E-state index in [0.29, 0.717) is 12.6 Å². The van der Waals surface area contributed by atoms with Crippen LogP contribution in [0.2, 0.25) is 0 Å². The third-order valence-corrected chi connectivity index (χ3v) is 2.37. The van der Waals surface area contributed by atoms with Gasteiger partial charge in [-0.1, -0.05) is 6.92 Å². The normalized spacial score (nSPS) is 20.0. The van der Waals surface area contributed by atoms with E-state index in [9.17, 15) is 0 Å². The molecule has 1 aliphatic rings. The van der Waals surface area contributed by atoms with Crippen molar-refractivity contribution in [2.24, 2.45) is 0 Å². The first-order valence-corrected chi connectivity index (χ1v) is 4.95. The fourth-order valence-electron chi connectivity index (χ4n) is 1.68. The van der Waals surface area contributed by atoms with E-state index in [2.05, 4.69) is 22.7 Å². The highest BCUT2D eigenvalue weighted by Crippen LogP contribution is 2.26. The Kier molecular flexibility index (Phi) is 2.58. The second-order valence-electron chi connectivity index (χ2n) is 3.36. The molecule has 0 saturated heterocycles. The molecule has 2 heterocycles. The summed E-state index contributed by atoms with van der Waals surface area (Å²) in [4.78, 5) is 0. The predicted molar refractivity (Wildman–Crippen MR) is 54.7 cm³/mol. The van der Waals surface area contributed by atoms with E-state index in [4.69, 9.17) is 4.74 Å². The molecule has 78 valence electrons. The molecule has 1 aromatic rings. The van der Waals surface area contributed by atoms with Gasteiger partial charge in [0.25, 0.3) is 0 Å². The second-order valence-corrected chi connectivity index (χ2v) is 3.36. The van der Waals surface area contributed by atoms with Gasteiger partial charge in [0.2, 0.25) is 5.88 Å². The van der Waals surface area contributed by atoms with Crippen molar-refractivity contribution in [1.82, 2.24) is 15.1 Å². The highest BCUT2D eigenvalue weighted by atomic mass is 16.5. The van der Waals surface area contributed by atoms with Crippen molar-refractivity contribution in [3.8, 4) is 5.88 Å². The van der Waals surface area contributed by atoms with Gasteiger partial charge in [-0.2, -0.15) is 5.10 Å². The zero-order valence-corrected chi connectivity index (χ0v) is 8.58. The topological polar surface area (TPSA) is 51.1 Å². The summed E-state index contributed by atoms with van der Waals surface area (Å²) in [5.74, 6) is 0.849. The molecule has 0 aliphatic carbocycles. The number of hydrogen-bond donors (Lipinski definition) is 2. The Morgan fingerprint density at radius 1 is 1.71 bits per heavy atom. The SMILES string of the molecule is CCNC1COc2c(NC)cnn2C1. The molecule has 5 heteroatoms. The van der Waals surface area contributed by atoms with Crippen LogP contribution in [0.15, 0.2) is 6.20 Å². The highest BCUT2D eigenvalue weighted by Gasteiger charge is 2.21. The summed E-state index contributed by atoms with van der Waals surface area (Å²) in [6.07, 6.45) is 1.80. The average Bonchev–Trinajstić information content (AvgIpc) is 2.60. The van der Waals surface area contributed by atoms with E-state index in [1.165, 1.54) is 0 Å². The first-order chi connectivity index (χ1) is 6.85. The van der Waals surface area contributed by atoms with Crippen LogP contribution in [-0.2, 0) is 6.54 Å². The van der Waals surface area contributed by atoms with Crippen molar-refractivity contribution < 1.29 is 4.74 Å². The van der Waals surface area contributed by atoms with Gasteiger partial charge in [0.05, 0.1) is 18.8 Å². The lowest BCUT2D eigenvalue weighted by atomic mass is 10.3. The molecule has 0 amide bonds. The van der Waals surface area contributed by atoms with E-state index >= 15 is 0 Å². The van der Waals surface area contributed by atoms with Crippen LogP contribution in [0.5, 0.6) is 5.88 Å². The maximum Gasteiger partial charge on any atom is 0.236 e. The fourth-order valence-corrected chi connectivity index (χ4v) is 1.68. The van der Waals surface area contributed by atoms with Gasteiger partial charge in [-0.05, 0) is 6.54 Å². The lowest BCUT2D eigenvalue weighted by Crippen LogP contribution is -2.41. The van der Waals surface area contributed by atoms with Crippen molar-refractivity contribution in [1.29, 1.82) is 0 Å². The number of fused-ring (bicyclic) bond motifs is 1. The Bertz CT molecular complexity index is 310. The molecule has 0 aromatic carbocycles. The first-order valence-electron chi connectivity index (χ1n) is 4.95. The molecule has 0 radical (unpaired) electrons. The van der Waals surface area contributed by atoms with E-state index in [-0.39, 0.29) is 0 Å². The smallest absolute Gasteiger partial charge is 0.236 e. The molecule has 2 N–H and O–H groups in total. The maximum atomic E-state index is 5.63. The van der Waals surface area contributed by atoms with Crippen molar-refractivity contribution in [2.75, 3.05) is 25.5 Å². The lowest BCUT2D eigenvalue weighted by Gasteiger charge is -2.24. The maximum absolute atomic E-state index is 5.63. The number of aromatic nitrogens is 2. The third-order valence-electron chi connectivity index (χ3n) is 2.37. The van der Waals surface area contributed by atoms with Crippen LogP contribution in [0, 0.1) is 0 Å². The first kappa shape index (κ1) is 9.33. The van der Waals surface area contributed by atoms with E-state index < -0.39 is 0 Å². The van der Waals surface area contributed by atoms with Gasteiger partial charge in [0.1, 0.15) is 12.3 Å². The van der Waals surface area contributed by atoms with Crippen LogP contribution in [-0.4, -0.2) is 36.0 Å². The molecule has 0 spiro atoms. The van der Waals surface area contributed by atoms with Crippen LogP contribution in [0.1, 0.15) is 6.92 Å². The average molecular weight is 196 g/mol. The fraction of sp³-hybridized carbons (Fsp3) is 0.667. The minimum Gasteiger partial charge on any atom is -0.475 e. The Morgan fingerprint density at radius 2 is 2.57 bits per heavy atom. The van der Waals surface area contributed by atoms with Crippen molar-refractivity contribution >= 4 is 5.69 Å². The quantitative estimate of drug-likeness (QED) is 0.730. The van der Waals surface area contributed by atoms with Gasteiger partial charge in [-0.3, -0.25) is 0 Å². The molecule has 1 aromatic heterocycles. The van der Waals surface area contributed by atoms with Crippen LogP contribution in [0.25, 0.3) is 0 Å². The summed E-state index contributed by atoms with van der Waals surface area (Å²) in [6, 6.07) is 0.372. The van der Waals surface area contributed by atoms with Crippen LogP contribution >= 0.6 is 0 Å². The molecule has 1 unspecified atom stereocenters. The van der Waals surface area contributed by atoms with Gasteiger partial charge in [-0.15, -0.1) is 0 Å². The Morgan fingerprint density at radius 3 is 3.29 bits per heavy atom. The number of ether oxygens (including phenoxy) is 1.